The van der Waals surface area contributed by atoms with Gasteiger partial charge in [-0.05, 0) is 34.2 Å². The summed E-state index contributed by atoms with van der Waals surface area (Å²) in [5.41, 5.74) is 0.832. The number of hydrogen-bond acceptors (Lipinski definition) is 3. The maximum Gasteiger partial charge on any atom is 0.253 e. The molecule has 1 N–H and O–H groups in total. The highest BCUT2D eigenvalue weighted by atomic mass is 16.1. The van der Waals surface area contributed by atoms with Gasteiger partial charge >= 0.3 is 0 Å². The van der Waals surface area contributed by atoms with Gasteiger partial charge in [0, 0.05) is 24.3 Å². The van der Waals surface area contributed by atoms with Gasteiger partial charge in [-0.3, -0.25) is 9.36 Å². The molecule has 1 rings (SSSR count). The van der Waals surface area contributed by atoms with Crippen LogP contribution in [0.15, 0.2) is 10.9 Å². The molecule has 0 radical (unpaired) electrons. The van der Waals surface area contributed by atoms with E-state index in [1.165, 1.54) is 0 Å². The average molecular weight is 209 g/mol. The lowest BCUT2D eigenvalue weighted by Gasteiger charge is -2.13. The summed E-state index contributed by atoms with van der Waals surface area (Å²) in [5.74, 6) is 0.795. The molecule has 0 aliphatic rings. The molecule has 0 saturated carbocycles. The van der Waals surface area contributed by atoms with Gasteiger partial charge < -0.3 is 5.32 Å². The molecule has 4 nitrogen and oxygen atoms in total. The lowest BCUT2D eigenvalue weighted by Crippen LogP contribution is -2.28. The first-order valence-electron chi connectivity index (χ1n) is 5.27. The molecule has 1 aromatic heterocycles. The third-order valence-electron chi connectivity index (χ3n) is 2.61. The Hall–Kier alpha value is -1.16. The third kappa shape index (κ3) is 3.16. The molecule has 0 aromatic carbocycles. The fourth-order valence-electron chi connectivity index (χ4n) is 1.50. The molecule has 1 atom stereocenters. The number of rotatable bonds is 4. The molecular weight excluding hydrogens is 190 g/mol. The van der Waals surface area contributed by atoms with E-state index in [0.29, 0.717) is 6.04 Å². The smallest absolute Gasteiger partial charge is 0.253 e. The molecule has 1 unspecified atom stereocenters. The summed E-state index contributed by atoms with van der Waals surface area (Å²) in [6.45, 7) is 6.54. The van der Waals surface area contributed by atoms with E-state index in [4.69, 9.17) is 0 Å². The zero-order valence-electron chi connectivity index (χ0n) is 9.87. The van der Waals surface area contributed by atoms with E-state index < -0.39 is 0 Å². The normalized spacial score (nSPS) is 12.8. The van der Waals surface area contributed by atoms with Crippen LogP contribution in [0, 0.1) is 13.8 Å². The highest BCUT2D eigenvalue weighted by Crippen LogP contribution is 1.97. The molecule has 0 spiro atoms. The van der Waals surface area contributed by atoms with E-state index in [1.54, 1.807) is 10.6 Å². The van der Waals surface area contributed by atoms with Gasteiger partial charge in [-0.1, -0.05) is 0 Å². The summed E-state index contributed by atoms with van der Waals surface area (Å²) in [4.78, 5) is 15.9. The zero-order chi connectivity index (χ0) is 11.4. The highest BCUT2D eigenvalue weighted by molar-refractivity contribution is 5.01. The minimum atomic E-state index is 0.0447. The Labute approximate surface area is 90.3 Å². The topological polar surface area (TPSA) is 46.9 Å². The SMILES string of the molecule is CNC(C)CCn1c(C)nc(C)cc1=O. The second kappa shape index (κ2) is 5.07. The molecule has 4 heteroatoms. The van der Waals surface area contributed by atoms with Crippen molar-refractivity contribution in [1.29, 1.82) is 0 Å². The molecule has 0 amide bonds. The van der Waals surface area contributed by atoms with E-state index in [9.17, 15) is 4.79 Å². The van der Waals surface area contributed by atoms with E-state index in [-0.39, 0.29) is 5.56 Å². The van der Waals surface area contributed by atoms with Crippen LogP contribution in [-0.4, -0.2) is 22.6 Å². The van der Waals surface area contributed by atoms with E-state index in [2.05, 4.69) is 17.2 Å². The van der Waals surface area contributed by atoms with Crippen LogP contribution in [0.4, 0.5) is 0 Å². The van der Waals surface area contributed by atoms with Crippen LogP contribution in [0.5, 0.6) is 0 Å². The Morgan fingerprint density at radius 3 is 2.73 bits per heavy atom. The molecule has 0 saturated heterocycles. The van der Waals surface area contributed by atoms with Crippen LogP contribution in [-0.2, 0) is 6.54 Å². The van der Waals surface area contributed by atoms with Crippen molar-refractivity contribution in [3.8, 4) is 0 Å². The van der Waals surface area contributed by atoms with Gasteiger partial charge in [0.05, 0.1) is 0 Å². The van der Waals surface area contributed by atoms with Crippen LogP contribution in [0.2, 0.25) is 0 Å². The molecule has 0 fully saturated rings. The summed E-state index contributed by atoms with van der Waals surface area (Å²) in [6, 6.07) is 1.99. The van der Waals surface area contributed by atoms with Crippen molar-refractivity contribution in [2.24, 2.45) is 0 Å². The molecular formula is C11H19N3O. The van der Waals surface area contributed by atoms with Crippen LogP contribution < -0.4 is 10.9 Å². The average Bonchev–Trinajstić information content (AvgIpc) is 2.15. The Kier molecular flexibility index (Phi) is 4.03. The van der Waals surface area contributed by atoms with Gasteiger partial charge in [-0.25, -0.2) is 4.98 Å². The molecule has 15 heavy (non-hydrogen) atoms. The van der Waals surface area contributed by atoms with Crippen molar-refractivity contribution in [3.05, 3.63) is 27.9 Å². The molecule has 0 aliphatic heterocycles. The van der Waals surface area contributed by atoms with Gasteiger partial charge in [-0.15, -0.1) is 0 Å². The van der Waals surface area contributed by atoms with E-state index in [1.807, 2.05) is 20.9 Å². The van der Waals surface area contributed by atoms with Gasteiger partial charge in [-0.2, -0.15) is 0 Å². The number of nitrogens with one attached hydrogen (secondary N) is 1. The summed E-state index contributed by atoms with van der Waals surface area (Å²) in [7, 11) is 1.92. The minimum absolute atomic E-state index is 0.0447. The number of aryl methyl sites for hydroxylation is 2. The maximum atomic E-state index is 11.7. The lowest BCUT2D eigenvalue weighted by atomic mass is 10.2. The fourth-order valence-corrected chi connectivity index (χ4v) is 1.50. The predicted octanol–water partition coefficient (Wildman–Crippen LogP) is 0.858. The number of nitrogens with zero attached hydrogens (tertiary/aromatic N) is 2. The third-order valence-corrected chi connectivity index (χ3v) is 2.61. The van der Waals surface area contributed by atoms with Crippen molar-refractivity contribution in [2.75, 3.05) is 7.05 Å². The van der Waals surface area contributed by atoms with Crippen molar-refractivity contribution in [1.82, 2.24) is 14.9 Å². The Bertz CT molecular complexity index is 384. The maximum absolute atomic E-state index is 11.7. The van der Waals surface area contributed by atoms with Crippen LogP contribution >= 0.6 is 0 Å². The monoisotopic (exact) mass is 209 g/mol. The van der Waals surface area contributed by atoms with Crippen LogP contribution in [0.3, 0.4) is 0 Å². The Morgan fingerprint density at radius 2 is 2.20 bits per heavy atom. The summed E-state index contributed by atoms with van der Waals surface area (Å²) < 4.78 is 1.72. The lowest BCUT2D eigenvalue weighted by molar-refractivity contribution is 0.492. The molecule has 1 aromatic rings. The highest BCUT2D eigenvalue weighted by Gasteiger charge is 2.04. The first kappa shape index (κ1) is 11.9. The van der Waals surface area contributed by atoms with Gasteiger partial charge in [0.15, 0.2) is 0 Å². The molecule has 0 bridgehead atoms. The summed E-state index contributed by atoms with van der Waals surface area (Å²) in [6.07, 6.45) is 0.933. The molecule has 1 heterocycles. The van der Waals surface area contributed by atoms with Gasteiger partial charge in [0.2, 0.25) is 0 Å². The van der Waals surface area contributed by atoms with Crippen LogP contribution in [0.1, 0.15) is 24.9 Å². The number of aromatic nitrogens is 2. The van der Waals surface area contributed by atoms with Crippen molar-refractivity contribution in [3.63, 3.8) is 0 Å². The van der Waals surface area contributed by atoms with E-state index in [0.717, 1.165) is 24.5 Å². The molecule has 0 aliphatic carbocycles. The van der Waals surface area contributed by atoms with Gasteiger partial charge in [0.1, 0.15) is 5.82 Å². The Balaban J connectivity index is 2.82. The summed E-state index contributed by atoms with van der Waals surface area (Å²) in [5, 5.41) is 3.15. The molecule has 84 valence electrons. The van der Waals surface area contributed by atoms with Crippen molar-refractivity contribution in [2.45, 2.75) is 39.8 Å². The fraction of sp³-hybridized carbons (Fsp3) is 0.636. The standard InChI is InChI=1S/C11H19N3O/c1-8(12-4)5-6-14-10(3)13-9(2)7-11(14)15/h7-8,12H,5-6H2,1-4H3. The second-order valence-corrected chi connectivity index (χ2v) is 3.91. The second-order valence-electron chi connectivity index (χ2n) is 3.91. The van der Waals surface area contributed by atoms with Crippen molar-refractivity contribution < 1.29 is 0 Å². The van der Waals surface area contributed by atoms with Crippen molar-refractivity contribution >= 4 is 0 Å². The minimum Gasteiger partial charge on any atom is -0.317 e. The van der Waals surface area contributed by atoms with E-state index >= 15 is 0 Å². The zero-order valence-corrected chi connectivity index (χ0v) is 9.87. The van der Waals surface area contributed by atoms with Crippen LogP contribution in [0.25, 0.3) is 0 Å². The van der Waals surface area contributed by atoms with Gasteiger partial charge in [0.25, 0.3) is 5.56 Å². The summed E-state index contributed by atoms with van der Waals surface area (Å²) >= 11 is 0. The Morgan fingerprint density at radius 1 is 1.53 bits per heavy atom. The largest absolute Gasteiger partial charge is 0.317 e. The first-order chi connectivity index (χ1) is 7.04. The quantitative estimate of drug-likeness (QED) is 0.800. The predicted molar refractivity (Wildman–Crippen MR) is 61.1 cm³/mol. The first-order valence-corrected chi connectivity index (χ1v) is 5.27. The number of hydrogen-bond donors (Lipinski definition) is 1.